The van der Waals surface area contributed by atoms with Gasteiger partial charge < -0.3 is 10.2 Å². The van der Waals surface area contributed by atoms with Crippen LogP contribution in [-0.4, -0.2) is 38.1 Å². The molecule has 0 spiro atoms. The second kappa shape index (κ2) is 5.72. The molecule has 1 fully saturated rings. The molecule has 84 valence electrons. The molecule has 0 aromatic carbocycles. The molecule has 0 aromatic rings. The minimum atomic E-state index is 0.734. The normalized spacial score (nSPS) is 28.1. The van der Waals surface area contributed by atoms with Crippen molar-refractivity contribution in [3.63, 3.8) is 0 Å². The fourth-order valence-electron chi connectivity index (χ4n) is 2.22. The van der Waals surface area contributed by atoms with Gasteiger partial charge in [-0.15, -0.1) is 0 Å². The van der Waals surface area contributed by atoms with Gasteiger partial charge in [-0.3, -0.25) is 0 Å². The number of hydrogen-bond donors (Lipinski definition) is 1. The van der Waals surface area contributed by atoms with Crippen LogP contribution in [0.15, 0.2) is 0 Å². The minimum absolute atomic E-state index is 0.734. The van der Waals surface area contributed by atoms with Crippen LogP contribution in [-0.2, 0) is 0 Å². The second-order valence-corrected chi connectivity index (χ2v) is 4.91. The van der Waals surface area contributed by atoms with Crippen molar-refractivity contribution in [2.75, 3.05) is 27.2 Å². The largest absolute Gasteiger partial charge is 0.318 e. The molecule has 0 radical (unpaired) electrons. The maximum atomic E-state index is 3.30. The lowest BCUT2D eigenvalue weighted by Gasteiger charge is -2.27. The Morgan fingerprint density at radius 3 is 2.57 bits per heavy atom. The van der Waals surface area contributed by atoms with Crippen molar-refractivity contribution in [1.29, 1.82) is 0 Å². The molecule has 0 amide bonds. The van der Waals surface area contributed by atoms with E-state index in [9.17, 15) is 0 Å². The van der Waals surface area contributed by atoms with Gasteiger partial charge in [0.05, 0.1) is 0 Å². The summed E-state index contributed by atoms with van der Waals surface area (Å²) in [6.07, 6.45) is 4.05. The molecule has 1 aliphatic carbocycles. The van der Waals surface area contributed by atoms with E-state index in [0.717, 1.165) is 24.4 Å². The summed E-state index contributed by atoms with van der Waals surface area (Å²) in [6.45, 7) is 7.07. The molecule has 1 aliphatic rings. The Bertz CT molecular complexity index is 152. The molecule has 1 N–H and O–H groups in total. The number of likely N-dealkylation sites (N-methyl/N-ethyl adjacent to an activating group) is 2. The highest BCUT2D eigenvalue weighted by Crippen LogP contribution is 2.38. The monoisotopic (exact) mass is 198 g/mol. The summed E-state index contributed by atoms with van der Waals surface area (Å²) < 4.78 is 0. The van der Waals surface area contributed by atoms with E-state index in [4.69, 9.17) is 0 Å². The zero-order chi connectivity index (χ0) is 10.6. The molecular formula is C12H26N2. The van der Waals surface area contributed by atoms with E-state index in [1.807, 2.05) is 0 Å². The van der Waals surface area contributed by atoms with Crippen LogP contribution >= 0.6 is 0 Å². The first-order chi connectivity index (χ1) is 6.69. The topological polar surface area (TPSA) is 15.3 Å². The van der Waals surface area contributed by atoms with Crippen LogP contribution < -0.4 is 5.32 Å². The third-order valence-electron chi connectivity index (χ3n) is 3.48. The van der Waals surface area contributed by atoms with Crippen molar-refractivity contribution >= 4 is 0 Å². The summed E-state index contributed by atoms with van der Waals surface area (Å²) in [4.78, 5) is 2.55. The molecule has 1 saturated carbocycles. The summed E-state index contributed by atoms with van der Waals surface area (Å²) in [5.74, 6) is 1.96. The third kappa shape index (κ3) is 3.58. The first-order valence-corrected chi connectivity index (χ1v) is 6.03. The van der Waals surface area contributed by atoms with Crippen molar-refractivity contribution in [1.82, 2.24) is 10.2 Å². The predicted octanol–water partition coefficient (Wildman–Crippen LogP) is 1.96. The standard InChI is InChI=1S/C12H26N2/c1-5-6-12(8-13-3)14(4)9-11-7-10(11)2/h10-13H,5-9H2,1-4H3. The SMILES string of the molecule is CCCC(CNC)N(C)CC1CC1C. The van der Waals surface area contributed by atoms with Gasteiger partial charge >= 0.3 is 0 Å². The summed E-state index contributed by atoms with van der Waals surface area (Å²) in [5, 5.41) is 3.30. The number of nitrogens with one attached hydrogen (secondary N) is 1. The van der Waals surface area contributed by atoms with E-state index in [1.165, 1.54) is 25.8 Å². The molecule has 0 heterocycles. The average molecular weight is 198 g/mol. The van der Waals surface area contributed by atoms with E-state index < -0.39 is 0 Å². The molecule has 3 unspecified atom stereocenters. The van der Waals surface area contributed by atoms with E-state index in [2.05, 4.69) is 38.2 Å². The fraction of sp³-hybridized carbons (Fsp3) is 1.00. The van der Waals surface area contributed by atoms with Gasteiger partial charge in [0.1, 0.15) is 0 Å². The Morgan fingerprint density at radius 1 is 1.50 bits per heavy atom. The Kier molecular flexibility index (Phi) is 4.90. The van der Waals surface area contributed by atoms with Gasteiger partial charge in [0.15, 0.2) is 0 Å². The minimum Gasteiger partial charge on any atom is -0.318 e. The molecule has 1 rings (SSSR count). The van der Waals surface area contributed by atoms with Crippen LogP contribution in [0.5, 0.6) is 0 Å². The molecule has 14 heavy (non-hydrogen) atoms. The molecule has 2 nitrogen and oxygen atoms in total. The molecule has 2 heteroatoms. The summed E-state index contributed by atoms with van der Waals surface area (Å²) in [7, 11) is 4.33. The predicted molar refractivity (Wildman–Crippen MR) is 62.5 cm³/mol. The summed E-state index contributed by atoms with van der Waals surface area (Å²) in [6, 6.07) is 0.734. The zero-order valence-electron chi connectivity index (χ0n) is 10.2. The van der Waals surface area contributed by atoms with E-state index in [-0.39, 0.29) is 0 Å². The van der Waals surface area contributed by atoms with Crippen LogP contribution in [0.3, 0.4) is 0 Å². The molecule has 0 aliphatic heterocycles. The molecule has 0 bridgehead atoms. The average Bonchev–Trinajstić information content (AvgIpc) is 2.81. The number of rotatable bonds is 7. The molecule has 0 saturated heterocycles. The maximum absolute atomic E-state index is 3.30. The second-order valence-electron chi connectivity index (χ2n) is 4.91. The highest BCUT2D eigenvalue weighted by Gasteiger charge is 2.34. The number of nitrogens with zero attached hydrogens (tertiary/aromatic N) is 1. The van der Waals surface area contributed by atoms with Crippen LogP contribution in [0.4, 0.5) is 0 Å². The highest BCUT2D eigenvalue weighted by atomic mass is 15.1. The highest BCUT2D eigenvalue weighted by molar-refractivity contribution is 4.86. The van der Waals surface area contributed by atoms with Crippen LogP contribution in [0.25, 0.3) is 0 Å². The number of hydrogen-bond acceptors (Lipinski definition) is 2. The first-order valence-electron chi connectivity index (χ1n) is 6.03. The van der Waals surface area contributed by atoms with Crippen LogP contribution in [0, 0.1) is 11.8 Å². The van der Waals surface area contributed by atoms with Gasteiger partial charge in [-0.25, -0.2) is 0 Å². The van der Waals surface area contributed by atoms with Crippen molar-refractivity contribution in [2.24, 2.45) is 11.8 Å². The van der Waals surface area contributed by atoms with Crippen molar-refractivity contribution in [3.8, 4) is 0 Å². The Balaban J connectivity index is 2.25. The third-order valence-corrected chi connectivity index (χ3v) is 3.48. The van der Waals surface area contributed by atoms with E-state index >= 15 is 0 Å². The molecular weight excluding hydrogens is 172 g/mol. The van der Waals surface area contributed by atoms with Gasteiger partial charge in [-0.1, -0.05) is 20.3 Å². The smallest absolute Gasteiger partial charge is 0.0217 e. The van der Waals surface area contributed by atoms with Gasteiger partial charge in [0.25, 0.3) is 0 Å². The maximum Gasteiger partial charge on any atom is 0.0217 e. The zero-order valence-corrected chi connectivity index (χ0v) is 10.2. The lowest BCUT2D eigenvalue weighted by Crippen LogP contribution is -2.40. The van der Waals surface area contributed by atoms with Gasteiger partial charge in [0, 0.05) is 19.1 Å². The summed E-state index contributed by atoms with van der Waals surface area (Å²) in [5.41, 5.74) is 0. The molecule has 0 aromatic heterocycles. The summed E-state index contributed by atoms with van der Waals surface area (Å²) >= 11 is 0. The van der Waals surface area contributed by atoms with Crippen molar-refractivity contribution < 1.29 is 0 Å². The van der Waals surface area contributed by atoms with E-state index in [0.29, 0.717) is 0 Å². The lowest BCUT2D eigenvalue weighted by molar-refractivity contribution is 0.214. The van der Waals surface area contributed by atoms with E-state index in [1.54, 1.807) is 0 Å². The quantitative estimate of drug-likeness (QED) is 0.673. The molecule has 3 atom stereocenters. The Morgan fingerprint density at radius 2 is 2.14 bits per heavy atom. The Hall–Kier alpha value is -0.0800. The van der Waals surface area contributed by atoms with Gasteiger partial charge in [-0.05, 0) is 38.8 Å². The Labute approximate surface area is 89.1 Å². The fourth-order valence-corrected chi connectivity index (χ4v) is 2.22. The van der Waals surface area contributed by atoms with Gasteiger partial charge in [0.2, 0.25) is 0 Å². The first kappa shape index (κ1) is 12.0. The lowest BCUT2D eigenvalue weighted by atomic mass is 10.1. The van der Waals surface area contributed by atoms with Crippen molar-refractivity contribution in [2.45, 2.75) is 39.2 Å². The van der Waals surface area contributed by atoms with Gasteiger partial charge in [-0.2, -0.15) is 0 Å². The van der Waals surface area contributed by atoms with Crippen LogP contribution in [0.1, 0.15) is 33.1 Å². The van der Waals surface area contributed by atoms with Crippen LogP contribution in [0.2, 0.25) is 0 Å². The van der Waals surface area contributed by atoms with Crippen molar-refractivity contribution in [3.05, 3.63) is 0 Å².